The predicted molar refractivity (Wildman–Crippen MR) is 93.2 cm³/mol. The second kappa shape index (κ2) is 5.80. The van der Waals surface area contributed by atoms with E-state index in [4.69, 9.17) is 0 Å². The highest BCUT2D eigenvalue weighted by molar-refractivity contribution is 5.96. The smallest absolute Gasteiger partial charge is 0.139 e. The number of fused-ring (bicyclic) bond motifs is 1. The van der Waals surface area contributed by atoms with Crippen LogP contribution in [-0.2, 0) is 11.3 Å². The topological polar surface area (TPSA) is 47.8 Å². The zero-order valence-electron chi connectivity index (χ0n) is 13.6. The van der Waals surface area contributed by atoms with Crippen molar-refractivity contribution in [3.05, 3.63) is 54.3 Å². The minimum Gasteiger partial charge on any atom is -0.340 e. The number of aryl methyl sites for hydroxylation is 2. The van der Waals surface area contributed by atoms with E-state index in [0.29, 0.717) is 6.54 Å². The molecule has 0 fully saturated rings. The van der Waals surface area contributed by atoms with Gasteiger partial charge in [-0.2, -0.15) is 0 Å². The minimum absolute atomic E-state index is 0.343. The molecule has 0 radical (unpaired) electrons. The number of carbonyl (C=O) groups excluding carboxylic acids is 1. The molecule has 0 atom stereocenters. The molecule has 4 nitrogen and oxygen atoms in total. The maximum Gasteiger partial charge on any atom is 0.139 e. The van der Waals surface area contributed by atoms with E-state index in [2.05, 4.69) is 35.6 Å². The Morgan fingerprint density at radius 3 is 2.57 bits per heavy atom. The fraction of sp³-hybridized carbons (Fsp3) is 0.211. The first kappa shape index (κ1) is 15.2. The molecular weight excluding hydrogens is 286 g/mol. The minimum atomic E-state index is 0.343. The third-order valence-electron chi connectivity index (χ3n) is 4.05. The Morgan fingerprint density at radius 2 is 1.96 bits per heavy atom. The Hall–Kier alpha value is -2.75. The van der Waals surface area contributed by atoms with Gasteiger partial charge in [0, 0.05) is 40.6 Å². The molecule has 3 aromatic rings. The molecule has 0 spiro atoms. The van der Waals surface area contributed by atoms with Crippen LogP contribution in [0.2, 0.25) is 0 Å². The molecule has 3 rings (SSSR count). The van der Waals surface area contributed by atoms with Crippen molar-refractivity contribution in [3.8, 4) is 11.1 Å². The monoisotopic (exact) mass is 305 g/mol. The quantitative estimate of drug-likeness (QED) is 0.686. The fourth-order valence-corrected chi connectivity index (χ4v) is 2.86. The lowest BCUT2D eigenvalue weighted by Gasteiger charge is -2.08. The van der Waals surface area contributed by atoms with E-state index in [-0.39, 0.29) is 0 Å². The molecular formula is C19H19N3O. The highest BCUT2D eigenvalue weighted by Crippen LogP contribution is 2.33. The summed E-state index contributed by atoms with van der Waals surface area (Å²) in [4.78, 5) is 19.5. The molecule has 0 bridgehead atoms. The summed E-state index contributed by atoms with van der Waals surface area (Å²) in [6, 6.07) is 4.25. The van der Waals surface area contributed by atoms with E-state index in [1.54, 1.807) is 0 Å². The predicted octanol–water partition coefficient (Wildman–Crippen LogP) is 3.95. The fourth-order valence-electron chi connectivity index (χ4n) is 2.86. The van der Waals surface area contributed by atoms with E-state index < -0.39 is 0 Å². The molecule has 116 valence electrons. The molecule has 0 aliphatic rings. The van der Waals surface area contributed by atoms with Gasteiger partial charge in [0.2, 0.25) is 0 Å². The molecule has 0 aliphatic heterocycles. The van der Waals surface area contributed by atoms with E-state index in [0.717, 1.165) is 50.8 Å². The molecule has 23 heavy (non-hydrogen) atoms. The van der Waals surface area contributed by atoms with Gasteiger partial charge in [0.05, 0.1) is 6.54 Å². The summed E-state index contributed by atoms with van der Waals surface area (Å²) in [6.45, 7) is 10.3. The number of carbonyl (C=O) groups is 1. The van der Waals surface area contributed by atoms with Gasteiger partial charge in [-0.3, -0.25) is 0 Å². The summed E-state index contributed by atoms with van der Waals surface area (Å²) in [5.41, 5.74) is 6.31. The Labute approximate surface area is 135 Å². The van der Waals surface area contributed by atoms with Crippen molar-refractivity contribution in [3.63, 3.8) is 0 Å². The molecule has 2 heterocycles. The SMILES string of the molecule is C=C(C)c1cn(CC=O)c2cc(C)c(-c3cnc(C)nc3)cc12. The van der Waals surface area contributed by atoms with Gasteiger partial charge in [-0.15, -0.1) is 0 Å². The number of benzene rings is 1. The second-order valence-corrected chi connectivity index (χ2v) is 5.85. The van der Waals surface area contributed by atoms with Crippen LogP contribution in [0.25, 0.3) is 27.6 Å². The first-order valence-corrected chi connectivity index (χ1v) is 7.53. The maximum atomic E-state index is 10.9. The number of hydrogen-bond acceptors (Lipinski definition) is 3. The lowest BCUT2D eigenvalue weighted by atomic mass is 9.98. The molecule has 0 saturated carbocycles. The largest absolute Gasteiger partial charge is 0.340 e. The number of allylic oxidation sites excluding steroid dienone is 1. The number of aldehydes is 1. The summed E-state index contributed by atoms with van der Waals surface area (Å²) in [5.74, 6) is 0.757. The highest BCUT2D eigenvalue weighted by atomic mass is 16.1. The van der Waals surface area contributed by atoms with Crippen molar-refractivity contribution in [2.75, 3.05) is 0 Å². The van der Waals surface area contributed by atoms with Crippen LogP contribution in [0.1, 0.15) is 23.9 Å². The van der Waals surface area contributed by atoms with Gasteiger partial charge in [-0.1, -0.05) is 6.58 Å². The van der Waals surface area contributed by atoms with Crippen molar-refractivity contribution in [1.82, 2.24) is 14.5 Å². The summed E-state index contributed by atoms with van der Waals surface area (Å²) < 4.78 is 1.97. The summed E-state index contributed by atoms with van der Waals surface area (Å²) in [7, 11) is 0. The standard InChI is InChI=1S/C19H19N3O/c1-12(2)18-11-22(5-6-23)19-7-13(3)16(8-17(18)19)15-9-20-14(4)21-10-15/h6-11H,1,5H2,2-4H3. The van der Waals surface area contributed by atoms with Crippen LogP contribution in [-0.4, -0.2) is 20.8 Å². The second-order valence-electron chi connectivity index (χ2n) is 5.85. The van der Waals surface area contributed by atoms with Gasteiger partial charge in [-0.25, -0.2) is 9.97 Å². The number of aromatic nitrogens is 3. The Kier molecular flexibility index (Phi) is 3.82. The van der Waals surface area contributed by atoms with Gasteiger partial charge in [0.15, 0.2) is 0 Å². The highest BCUT2D eigenvalue weighted by Gasteiger charge is 2.13. The summed E-state index contributed by atoms with van der Waals surface area (Å²) in [5, 5.41) is 1.10. The molecule has 0 aliphatic carbocycles. The maximum absolute atomic E-state index is 10.9. The lowest BCUT2D eigenvalue weighted by molar-refractivity contribution is -0.108. The first-order valence-electron chi connectivity index (χ1n) is 7.53. The van der Waals surface area contributed by atoms with Crippen LogP contribution >= 0.6 is 0 Å². The Morgan fingerprint density at radius 1 is 1.26 bits per heavy atom. The molecule has 4 heteroatoms. The van der Waals surface area contributed by atoms with Crippen molar-refractivity contribution >= 4 is 22.8 Å². The Bertz CT molecular complexity index is 905. The summed E-state index contributed by atoms with van der Waals surface area (Å²) in [6.07, 6.45) is 6.60. The van der Waals surface area contributed by atoms with Gasteiger partial charge in [0.25, 0.3) is 0 Å². The third-order valence-corrected chi connectivity index (χ3v) is 4.05. The number of hydrogen-bond donors (Lipinski definition) is 0. The van der Waals surface area contributed by atoms with Crippen molar-refractivity contribution in [2.45, 2.75) is 27.3 Å². The molecule has 2 aromatic heterocycles. The van der Waals surface area contributed by atoms with Gasteiger partial charge in [0.1, 0.15) is 12.1 Å². The molecule has 0 unspecified atom stereocenters. The van der Waals surface area contributed by atoms with Gasteiger partial charge >= 0.3 is 0 Å². The van der Waals surface area contributed by atoms with E-state index >= 15 is 0 Å². The van der Waals surface area contributed by atoms with Crippen LogP contribution in [0.4, 0.5) is 0 Å². The average Bonchev–Trinajstić information content (AvgIpc) is 2.86. The van der Waals surface area contributed by atoms with Gasteiger partial charge < -0.3 is 9.36 Å². The zero-order chi connectivity index (χ0) is 16.6. The number of nitrogens with zero attached hydrogens (tertiary/aromatic N) is 3. The van der Waals surface area contributed by atoms with Crippen LogP contribution < -0.4 is 0 Å². The summed E-state index contributed by atoms with van der Waals surface area (Å²) >= 11 is 0. The van der Waals surface area contributed by atoms with E-state index in [1.165, 1.54) is 0 Å². The lowest BCUT2D eigenvalue weighted by Crippen LogP contribution is -1.97. The Balaban J connectivity index is 2.27. The van der Waals surface area contributed by atoms with Crippen LogP contribution in [0, 0.1) is 13.8 Å². The van der Waals surface area contributed by atoms with Crippen LogP contribution in [0.3, 0.4) is 0 Å². The molecule has 0 saturated heterocycles. The molecule has 0 amide bonds. The third kappa shape index (κ3) is 2.68. The first-order chi connectivity index (χ1) is 11.0. The molecule has 1 aromatic carbocycles. The zero-order valence-corrected chi connectivity index (χ0v) is 13.6. The van der Waals surface area contributed by atoms with E-state index in [1.807, 2.05) is 37.0 Å². The average molecular weight is 305 g/mol. The number of rotatable bonds is 4. The normalized spacial score (nSPS) is 10.9. The van der Waals surface area contributed by atoms with Crippen molar-refractivity contribution in [1.29, 1.82) is 0 Å². The van der Waals surface area contributed by atoms with Crippen LogP contribution in [0.15, 0.2) is 37.3 Å². The van der Waals surface area contributed by atoms with Crippen molar-refractivity contribution in [2.24, 2.45) is 0 Å². The van der Waals surface area contributed by atoms with Crippen molar-refractivity contribution < 1.29 is 4.79 Å². The van der Waals surface area contributed by atoms with Crippen LogP contribution in [0.5, 0.6) is 0 Å². The van der Waals surface area contributed by atoms with E-state index in [9.17, 15) is 4.79 Å². The molecule has 0 N–H and O–H groups in total. The van der Waals surface area contributed by atoms with Gasteiger partial charge in [-0.05, 0) is 49.6 Å².